The highest BCUT2D eigenvalue weighted by atomic mass is 35.5. The maximum absolute atomic E-state index is 12.0. The molecule has 0 bridgehead atoms. The van der Waals surface area contributed by atoms with Gasteiger partial charge in [-0.2, -0.15) is 0 Å². The first kappa shape index (κ1) is 16.3. The molecule has 0 saturated heterocycles. The minimum absolute atomic E-state index is 0.0590. The summed E-state index contributed by atoms with van der Waals surface area (Å²) >= 11 is 6.22. The molecule has 1 aromatic rings. The van der Waals surface area contributed by atoms with Crippen molar-refractivity contribution in [3.8, 4) is 0 Å². The van der Waals surface area contributed by atoms with Gasteiger partial charge in [0.15, 0.2) is 0 Å². The SMILES string of the molecule is CC(NC1CC(c2ccccc2Cl)C1)C(=O)NC(C)(C)C. The zero-order chi connectivity index (χ0) is 15.6. The van der Waals surface area contributed by atoms with E-state index in [2.05, 4.69) is 16.7 Å². The van der Waals surface area contributed by atoms with Gasteiger partial charge in [0, 0.05) is 16.6 Å². The third kappa shape index (κ3) is 4.45. The summed E-state index contributed by atoms with van der Waals surface area (Å²) in [7, 11) is 0. The van der Waals surface area contributed by atoms with Crippen LogP contribution in [0.5, 0.6) is 0 Å². The van der Waals surface area contributed by atoms with Crippen LogP contribution >= 0.6 is 11.6 Å². The molecule has 1 fully saturated rings. The monoisotopic (exact) mass is 308 g/mol. The summed E-state index contributed by atoms with van der Waals surface area (Å²) in [6.07, 6.45) is 2.08. The molecular formula is C17H25ClN2O. The number of carbonyl (C=O) groups is 1. The van der Waals surface area contributed by atoms with Crippen LogP contribution in [0.3, 0.4) is 0 Å². The van der Waals surface area contributed by atoms with Crippen molar-refractivity contribution in [3.05, 3.63) is 34.9 Å². The lowest BCUT2D eigenvalue weighted by molar-refractivity contribution is -0.124. The van der Waals surface area contributed by atoms with Crippen LogP contribution in [-0.2, 0) is 4.79 Å². The number of hydrogen-bond acceptors (Lipinski definition) is 2. The van der Waals surface area contributed by atoms with Gasteiger partial charge in [0.05, 0.1) is 6.04 Å². The normalized spacial score (nSPS) is 23.3. The maximum Gasteiger partial charge on any atom is 0.237 e. The van der Waals surface area contributed by atoms with E-state index in [1.807, 2.05) is 45.9 Å². The fraction of sp³-hybridized carbons (Fsp3) is 0.588. The minimum atomic E-state index is -0.188. The topological polar surface area (TPSA) is 41.1 Å². The second-order valence-corrected chi connectivity index (χ2v) is 7.42. The molecule has 1 unspecified atom stereocenters. The number of carbonyl (C=O) groups excluding carboxylic acids is 1. The van der Waals surface area contributed by atoms with E-state index in [0.29, 0.717) is 12.0 Å². The molecule has 0 radical (unpaired) electrons. The van der Waals surface area contributed by atoms with Crippen molar-refractivity contribution in [2.75, 3.05) is 0 Å². The first-order valence-corrected chi connectivity index (χ1v) is 7.96. The fourth-order valence-corrected chi connectivity index (χ4v) is 3.01. The Balaban J connectivity index is 1.80. The van der Waals surface area contributed by atoms with Gasteiger partial charge in [-0.05, 0) is 58.1 Å². The molecule has 0 aromatic heterocycles. The lowest BCUT2D eigenvalue weighted by atomic mass is 9.75. The molecular weight excluding hydrogens is 284 g/mol. The molecule has 4 heteroatoms. The Morgan fingerprint density at radius 2 is 1.90 bits per heavy atom. The molecule has 1 atom stereocenters. The van der Waals surface area contributed by atoms with Crippen molar-refractivity contribution >= 4 is 17.5 Å². The minimum Gasteiger partial charge on any atom is -0.350 e. The van der Waals surface area contributed by atoms with Crippen molar-refractivity contribution in [1.82, 2.24) is 10.6 Å². The molecule has 1 aliphatic carbocycles. The van der Waals surface area contributed by atoms with E-state index in [0.717, 1.165) is 17.9 Å². The highest BCUT2D eigenvalue weighted by Gasteiger charge is 2.33. The van der Waals surface area contributed by atoms with Crippen molar-refractivity contribution < 1.29 is 4.79 Å². The van der Waals surface area contributed by atoms with Crippen LogP contribution in [0.1, 0.15) is 52.0 Å². The fourth-order valence-electron chi connectivity index (χ4n) is 2.72. The van der Waals surface area contributed by atoms with Gasteiger partial charge in [-0.15, -0.1) is 0 Å². The second kappa shape index (κ2) is 6.37. The predicted molar refractivity (Wildman–Crippen MR) is 87.7 cm³/mol. The van der Waals surface area contributed by atoms with E-state index >= 15 is 0 Å². The standard InChI is InChI=1S/C17H25ClN2O/c1-11(16(21)20-17(2,3)4)19-13-9-12(10-13)14-7-5-6-8-15(14)18/h5-8,11-13,19H,9-10H2,1-4H3,(H,20,21). The third-order valence-electron chi connectivity index (χ3n) is 3.86. The predicted octanol–water partition coefficient (Wildman–Crippen LogP) is 3.48. The van der Waals surface area contributed by atoms with E-state index in [-0.39, 0.29) is 17.5 Å². The average Bonchev–Trinajstić information content (AvgIpc) is 2.32. The van der Waals surface area contributed by atoms with Gasteiger partial charge in [0.25, 0.3) is 0 Å². The van der Waals surface area contributed by atoms with Gasteiger partial charge in [0.1, 0.15) is 0 Å². The van der Waals surface area contributed by atoms with Gasteiger partial charge in [-0.1, -0.05) is 29.8 Å². The Hall–Kier alpha value is -1.06. The van der Waals surface area contributed by atoms with Crippen LogP contribution in [0, 0.1) is 0 Å². The largest absolute Gasteiger partial charge is 0.350 e. The number of halogens is 1. The van der Waals surface area contributed by atoms with Gasteiger partial charge in [0.2, 0.25) is 5.91 Å². The molecule has 1 saturated carbocycles. The van der Waals surface area contributed by atoms with E-state index in [4.69, 9.17) is 11.6 Å². The first-order chi connectivity index (χ1) is 9.76. The van der Waals surface area contributed by atoms with Crippen LogP contribution in [0.25, 0.3) is 0 Å². The van der Waals surface area contributed by atoms with E-state index in [9.17, 15) is 4.79 Å². The molecule has 2 N–H and O–H groups in total. The molecule has 3 nitrogen and oxygen atoms in total. The molecule has 1 aliphatic rings. The molecule has 2 rings (SSSR count). The van der Waals surface area contributed by atoms with Crippen LogP contribution < -0.4 is 10.6 Å². The smallest absolute Gasteiger partial charge is 0.237 e. The van der Waals surface area contributed by atoms with Crippen LogP contribution in [-0.4, -0.2) is 23.5 Å². The van der Waals surface area contributed by atoms with Crippen LogP contribution in [0.2, 0.25) is 5.02 Å². The number of amides is 1. The van der Waals surface area contributed by atoms with Crippen molar-refractivity contribution in [1.29, 1.82) is 0 Å². The lowest BCUT2D eigenvalue weighted by Crippen LogP contribution is -2.54. The summed E-state index contributed by atoms with van der Waals surface area (Å²) in [5, 5.41) is 7.25. The lowest BCUT2D eigenvalue weighted by Gasteiger charge is -2.38. The highest BCUT2D eigenvalue weighted by Crippen LogP contribution is 2.39. The number of nitrogens with one attached hydrogen (secondary N) is 2. The van der Waals surface area contributed by atoms with E-state index in [1.54, 1.807) is 0 Å². The summed E-state index contributed by atoms with van der Waals surface area (Å²) in [4.78, 5) is 12.0. The number of benzene rings is 1. The Kier molecular flexibility index (Phi) is 4.95. The zero-order valence-electron chi connectivity index (χ0n) is 13.2. The quantitative estimate of drug-likeness (QED) is 0.894. The second-order valence-electron chi connectivity index (χ2n) is 7.01. The van der Waals surface area contributed by atoms with Crippen LogP contribution in [0.15, 0.2) is 24.3 Å². The summed E-state index contributed by atoms with van der Waals surface area (Å²) in [6, 6.07) is 8.25. The third-order valence-corrected chi connectivity index (χ3v) is 4.20. The first-order valence-electron chi connectivity index (χ1n) is 7.59. The number of rotatable bonds is 4. The molecule has 1 aromatic carbocycles. The molecule has 116 valence electrons. The highest BCUT2D eigenvalue weighted by molar-refractivity contribution is 6.31. The van der Waals surface area contributed by atoms with Crippen LogP contribution in [0.4, 0.5) is 0 Å². The molecule has 0 heterocycles. The van der Waals surface area contributed by atoms with Gasteiger partial charge < -0.3 is 10.6 Å². The maximum atomic E-state index is 12.0. The summed E-state index contributed by atoms with van der Waals surface area (Å²) in [5.74, 6) is 0.567. The average molecular weight is 309 g/mol. The van der Waals surface area contributed by atoms with Crippen molar-refractivity contribution in [2.24, 2.45) is 0 Å². The summed E-state index contributed by atoms with van der Waals surface area (Å²) in [5.41, 5.74) is 1.04. The molecule has 21 heavy (non-hydrogen) atoms. The Morgan fingerprint density at radius 3 is 2.48 bits per heavy atom. The zero-order valence-corrected chi connectivity index (χ0v) is 14.0. The Bertz CT molecular complexity index is 504. The van der Waals surface area contributed by atoms with Crippen molar-refractivity contribution in [3.63, 3.8) is 0 Å². The number of hydrogen-bond donors (Lipinski definition) is 2. The molecule has 1 amide bonds. The van der Waals surface area contributed by atoms with Crippen molar-refractivity contribution in [2.45, 2.75) is 64.1 Å². The van der Waals surface area contributed by atoms with Gasteiger partial charge in [-0.3, -0.25) is 4.79 Å². The van der Waals surface area contributed by atoms with Gasteiger partial charge in [-0.25, -0.2) is 0 Å². The Morgan fingerprint density at radius 1 is 1.29 bits per heavy atom. The summed E-state index contributed by atoms with van der Waals surface area (Å²) < 4.78 is 0. The van der Waals surface area contributed by atoms with E-state index in [1.165, 1.54) is 5.56 Å². The summed E-state index contributed by atoms with van der Waals surface area (Å²) in [6.45, 7) is 7.90. The van der Waals surface area contributed by atoms with Gasteiger partial charge >= 0.3 is 0 Å². The Labute approximate surface area is 132 Å². The van der Waals surface area contributed by atoms with E-state index < -0.39 is 0 Å². The molecule has 0 spiro atoms. The molecule has 0 aliphatic heterocycles.